The third-order valence-corrected chi connectivity index (χ3v) is 3.34. The Bertz CT molecular complexity index is 273. The van der Waals surface area contributed by atoms with Crippen LogP contribution in [0.5, 0.6) is 0 Å². The van der Waals surface area contributed by atoms with E-state index in [1.165, 1.54) is 0 Å². The summed E-state index contributed by atoms with van der Waals surface area (Å²) in [6, 6.07) is 0.399. The van der Waals surface area contributed by atoms with Crippen LogP contribution in [0.4, 0.5) is 4.79 Å². The lowest BCUT2D eigenvalue weighted by Gasteiger charge is -2.33. The summed E-state index contributed by atoms with van der Waals surface area (Å²) in [4.78, 5) is 13.9. The zero-order valence-electron chi connectivity index (χ0n) is 12.5. The van der Waals surface area contributed by atoms with Crippen molar-refractivity contribution in [3.63, 3.8) is 0 Å². The molecule has 1 N–H and O–H groups in total. The molecule has 0 aromatic rings. The van der Waals surface area contributed by atoms with E-state index in [4.69, 9.17) is 4.74 Å². The summed E-state index contributed by atoms with van der Waals surface area (Å²) in [5.41, 5.74) is -0.387. The molecule has 2 saturated heterocycles. The third-order valence-electron chi connectivity index (χ3n) is 3.34. The number of likely N-dealkylation sites (tertiary alicyclic amines) is 1. The monoisotopic (exact) mass is 256 g/mol. The SMILES string of the molecule is CC.CC(C)(C)OC(=O)N1CCC2CNCCC21. The van der Waals surface area contributed by atoms with Crippen molar-refractivity contribution in [3.8, 4) is 0 Å². The summed E-state index contributed by atoms with van der Waals surface area (Å²) >= 11 is 0. The molecule has 0 aromatic carbocycles. The van der Waals surface area contributed by atoms with E-state index in [0.29, 0.717) is 12.0 Å². The summed E-state index contributed by atoms with van der Waals surface area (Å²) < 4.78 is 5.44. The van der Waals surface area contributed by atoms with Crippen molar-refractivity contribution >= 4 is 6.09 Å². The number of ether oxygens (including phenoxy) is 1. The fourth-order valence-electron chi connectivity index (χ4n) is 2.63. The van der Waals surface area contributed by atoms with Crippen molar-refractivity contribution in [1.29, 1.82) is 0 Å². The molecule has 4 heteroatoms. The minimum absolute atomic E-state index is 0.137. The molecular weight excluding hydrogens is 228 g/mol. The number of amides is 1. The van der Waals surface area contributed by atoms with Crippen molar-refractivity contribution in [2.24, 2.45) is 5.92 Å². The quantitative estimate of drug-likeness (QED) is 0.724. The summed E-state index contributed by atoms with van der Waals surface area (Å²) in [5, 5.41) is 3.39. The Morgan fingerprint density at radius 3 is 2.56 bits per heavy atom. The first kappa shape index (κ1) is 15.3. The smallest absolute Gasteiger partial charge is 0.410 e. The number of nitrogens with zero attached hydrogens (tertiary/aromatic N) is 1. The molecule has 0 aliphatic carbocycles. The van der Waals surface area contributed by atoms with Gasteiger partial charge in [0, 0.05) is 12.6 Å². The zero-order chi connectivity index (χ0) is 13.8. The predicted octanol–water partition coefficient (Wildman–Crippen LogP) is 2.63. The summed E-state index contributed by atoms with van der Waals surface area (Å²) in [7, 11) is 0. The van der Waals surface area contributed by atoms with E-state index >= 15 is 0 Å². The summed E-state index contributed by atoms with van der Waals surface area (Å²) in [5.74, 6) is 0.626. The molecule has 0 bridgehead atoms. The Balaban J connectivity index is 0.000000771. The van der Waals surface area contributed by atoms with Crippen LogP contribution in [0.1, 0.15) is 47.5 Å². The van der Waals surface area contributed by atoms with Gasteiger partial charge in [-0.05, 0) is 52.6 Å². The normalized spacial score (nSPS) is 27.1. The highest BCUT2D eigenvalue weighted by Gasteiger charge is 2.39. The Kier molecular flexibility index (Phi) is 5.45. The topological polar surface area (TPSA) is 41.6 Å². The fraction of sp³-hybridized carbons (Fsp3) is 0.929. The standard InChI is InChI=1S/C12H22N2O2.C2H6/c1-12(2,3)16-11(15)14-7-5-9-8-13-6-4-10(9)14;1-2/h9-10,13H,4-8H2,1-3H3;1-2H3. The van der Waals surface area contributed by atoms with Crippen molar-refractivity contribution in [2.45, 2.75) is 59.1 Å². The molecule has 1 amide bonds. The second kappa shape index (κ2) is 6.41. The molecule has 0 radical (unpaired) electrons. The number of rotatable bonds is 0. The highest BCUT2D eigenvalue weighted by molar-refractivity contribution is 5.69. The summed E-state index contributed by atoms with van der Waals surface area (Å²) in [6.45, 7) is 12.7. The van der Waals surface area contributed by atoms with Gasteiger partial charge >= 0.3 is 6.09 Å². The van der Waals surface area contributed by atoms with Crippen molar-refractivity contribution in [3.05, 3.63) is 0 Å². The van der Waals surface area contributed by atoms with Crippen LogP contribution in [0.2, 0.25) is 0 Å². The first-order valence-electron chi connectivity index (χ1n) is 7.18. The van der Waals surface area contributed by atoms with Gasteiger partial charge in [-0.1, -0.05) is 13.8 Å². The number of fused-ring (bicyclic) bond motifs is 1. The maximum Gasteiger partial charge on any atom is 0.410 e. The van der Waals surface area contributed by atoms with Crippen LogP contribution in [0.25, 0.3) is 0 Å². The van der Waals surface area contributed by atoms with Crippen LogP contribution in [0, 0.1) is 5.92 Å². The van der Waals surface area contributed by atoms with E-state index in [1.807, 2.05) is 39.5 Å². The molecule has 2 aliphatic rings. The fourth-order valence-corrected chi connectivity index (χ4v) is 2.63. The largest absolute Gasteiger partial charge is 0.444 e. The van der Waals surface area contributed by atoms with Crippen LogP contribution >= 0.6 is 0 Å². The van der Waals surface area contributed by atoms with Crippen LogP contribution in [-0.4, -0.2) is 42.3 Å². The van der Waals surface area contributed by atoms with E-state index in [-0.39, 0.29) is 11.7 Å². The summed E-state index contributed by atoms with van der Waals surface area (Å²) in [6.07, 6.45) is 2.03. The molecule has 2 fully saturated rings. The molecule has 2 rings (SSSR count). The molecule has 2 unspecified atom stereocenters. The predicted molar refractivity (Wildman–Crippen MR) is 73.7 cm³/mol. The Morgan fingerprint density at radius 2 is 1.94 bits per heavy atom. The highest BCUT2D eigenvalue weighted by atomic mass is 16.6. The molecule has 2 aliphatic heterocycles. The van der Waals surface area contributed by atoms with E-state index < -0.39 is 0 Å². The van der Waals surface area contributed by atoms with Crippen LogP contribution in [0.3, 0.4) is 0 Å². The van der Waals surface area contributed by atoms with Gasteiger partial charge < -0.3 is 15.0 Å². The molecule has 0 spiro atoms. The lowest BCUT2D eigenvalue weighted by atomic mass is 9.94. The van der Waals surface area contributed by atoms with Crippen LogP contribution in [0.15, 0.2) is 0 Å². The van der Waals surface area contributed by atoms with E-state index in [2.05, 4.69) is 5.32 Å². The number of hydrogen-bond acceptors (Lipinski definition) is 3. The number of piperidine rings is 1. The van der Waals surface area contributed by atoms with Gasteiger partial charge in [0.05, 0.1) is 0 Å². The second-order valence-corrected chi connectivity index (χ2v) is 5.78. The molecule has 2 heterocycles. The van der Waals surface area contributed by atoms with Gasteiger partial charge in [-0.2, -0.15) is 0 Å². The van der Waals surface area contributed by atoms with Crippen molar-refractivity contribution in [1.82, 2.24) is 10.2 Å². The van der Waals surface area contributed by atoms with E-state index in [9.17, 15) is 4.79 Å². The number of carbonyl (C=O) groups is 1. The molecule has 4 nitrogen and oxygen atoms in total. The Hall–Kier alpha value is -0.770. The average Bonchev–Trinajstić information content (AvgIpc) is 2.73. The lowest BCUT2D eigenvalue weighted by molar-refractivity contribution is 0.0189. The van der Waals surface area contributed by atoms with Crippen molar-refractivity contribution in [2.75, 3.05) is 19.6 Å². The molecule has 106 valence electrons. The van der Waals surface area contributed by atoms with Gasteiger partial charge in [0.25, 0.3) is 0 Å². The first-order valence-corrected chi connectivity index (χ1v) is 7.18. The minimum Gasteiger partial charge on any atom is -0.444 e. The second-order valence-electron chi connectivity index (χ2n) is 5.78. The van der Waals surface area contributed by atoms with Gasteiger partial charge in [0.15, 0.2) is 0 Å². The Morgan fingerprint density at radius 1 is 1.28 bits per heavy atom. The number of nitrogens with one attached hydrogen (secondary N) is 1. The van der Waals surface area contributed by atoms with Gasteiger partial charge in [0.2, 0.25) is 0 Å². The third kappa shape index (κ3) is 3.87. The highest BCUT2D eigenvalue weighted by Crippen LogP contribution is 2.29. The molecule has 2 atom stereocenters. The maximum absolute atomic E-state index is 12.0. The maximum atomic E-state index is 12.0. The Labute approximate surface area is 111 Å². The number of carbonyl (C=O) groups excluding carboxylic acids is 1. The molecular formula is C14H28N2O2. The van der Waals surface area contributed by atoms with Gasteiger partial charge in [-0.15, -0.1) is 0 Å². The van der Waals surface area contributed by atoms with Gasteiger partial charge in [0.1, 0.15) is 5.60 Å². The lowest BCUT2D eigenvalue weighted by Crippen LogP contribution is -2.47. The van der Waals surface area contributed by atoms with Gasteiger partial charge in [-0.3, -0.25) is 0 Å². The minimum atomic E-state index is -0.387. The van der Waals surface area contributed by atoms with Gasteiger partial charge in [-0.25, -0.2) is 4.79 Å². The zero-order valence-corrected chi connectivity index (χ0v) is 12.5. The number of hydrogen-bond donors (Lipinski definition) is 1. The molecule has 0 saturated carbocycles. The first-order chi connectivity index (χ1) is 8.47. The molecule has 0 aromatic heterocycles. The van der Waals surface area contributed by atoms with E-state index in [0.717, 1.165) is 32.5 Å². The average molecular weight is 256 g/mol. The van der Waals surface area contributed by atoms with E-state index in [1.54, 1.807) is 0 Å². The van der Waals surface area contributed by atoms with Crippen LogP contribution < -0.4 is 5.32 Å². The van der Waals surface area contributed by atoms with Crippen molar-refractivity contribution < 1.29 is 9.53 Å². The van der Waals surface area contributed by atoms with Crippen LogP contribution in [-0.2, 0) is 4.74 Å². The molecule has 18 heavy (non-hydrogen) atoms.